The van der Waals surface area contributed by atoms with Crippen molar-refractivity contribution in [1.82, 2.24) is 5.32 Å². The fraction of sp³-hybridized carbons (Fsp3) is 0.529. The number of carbonyl (C=O) groups is 2. The van der Waals surface area contributed by atoms with E-state index in [4.69, 9.17) is 5.73 Å². The van der Waals surface area contributed by atoms with Gasteiger partial charge in [-0.3, -0.25) is 9.59 Å². The molecule has 1 aromatic rings. The van der Waals surface area contributed by atoms with Crippen LogP contribution >= 0.6 is 0 Å². The molecule has 0 saturated heterocycles. The fourth-order valence-corrected chi connectivity index (χ4v) is 2.91. The Morgan fingerprint density at radius 1 is 1.18 bits per heavy atom. The molecular formula is C17H23FN2O2. The van der Waals surface area contributed by atoms with E-state index >= 15 is 0 Å². The number of amides is 2. The summed E-state index contributed by atoms with van der Waals surface area (Å²) in [7, 11) is 0. The molecule has 5 heteroatoms. The van der Waals surface area contributed by atoms with Crippen LogP contribution in [0.3, 0.4) is 0 Å². The Balaban J connectivity index is 1.87. The Hall–Kier alpha value is -1.91. The summed E-state index contributed by atoms with van der Waals surface area (Å²) in [5.41, 5.74) is 6.25. The number of nitrogens with two attached hydrogens (primary N) is 1. The summed E-state index contributed by atoms with van der Waals surface area (Å²) in [6, 6.07) is 5.98. The largest absolute Gasteiger partial charge is 0.369 e. The van der Waals surface area contributed by atoms with Crippen LogP contribution in [-0.2, 0) is 16.0 Å². The van der Waals surface area contributed by atoms with Crippen molar-refractivity contribution in [2.75, 3.05) is 6.54 Å². The molecule has 3 N–H and O–H groups in total. The lowest BCUT2D eigenvalue weighted by molar-refractivity contribution is -0.126. The number of benzene rings is 1. The number of nitrogens with one attached hydrogen (secondary N) is 1. The summed E-state index contributed by atoms with van der Waals surface area (Å²) in [5.74, 6) is -1.16. The third-order valence-electron chi connectivity index (χ3n) is 4.30. The maximum atomic E-state index is 12.9. The van der Waals surface area contributed by atoms with Gasteiger partial charge in [0.2, 0.25) is 11.8 Å². The van der Waals surface area contributed by atoms with E-state index in [0.717, 1.165) is 31.2 Å². The van der Waals surface area contributed by atoms with Crippen molar-refractivity contribution < 1.29 is 14.0 Å². The smallest absolute Gasteiger partial charge is 0.223 e. The van der Waals surface area contributed by atoms with Crippen LogP contribution in [0.4, 0.5) is 4.39 Å². The molecule has 0 bridgehead atoms. The quantitative estimate of drug-likeness (QED) is 0.845. The average Bonchev–Trinajstić information content (AvgIpc) is 2.53. The van der Waals surface area contributed by atoms with Gasteiger partial charge in [0.1, 0.15) is 5.82 Å². The van der Waals surface area contributed by atoms with Crippen LogP contribution in [0.1, 0.15) is 37.7 Å². The molecule has 0 unspecified atom stereocenters. The van der Waals surface area contributed by atoms with Gasteiger partial charge in [0.05, 0.1) is 5.92 Å². The van der Waals surface area contributed by atoms with Crippen molar-refractivity contribution in [2.24, 2.45) is 17.6 Å². The zero-order valence-corrected chi connectivity index (χ0v) is 12.7. The molecule has 0 spiro atoms. The van der Waals surface area contributed by atoms with E-state index in [2.05, 4.69) is 5.32 Å². The molecule has 1 aliphatic rings. The normalized spacial score (nSPS) is 17.0. The molecule has 1 saturated carbocycles. The average molecular weight is 306 g/mol. The molecule has 1 aromatic carbocycles. The van der Waals surface area contributed by atoms with E-state index in [9.17, 15) is 14.0 Å². The highest BCUT2D eigenvalue weighted by atomic mass is 19.1. The number of hydrogen-bond acceptors (Lipinski definition) is 2. The predicted octanol–water partition coefficient (Wildman–Crippen LogP) is 2.17. The third kappa shape index (κ3) is 4.83. The lowest BCUT2D eigenvalue weighted by Gasteiger charge is -2.22. The molecule has 0 radical (unpaired) electrons. The first-order valence-corrected chi connectivity index (χ1v) is 7.87. The molecule has 2 amide bonds. The Morgan fingerprint density at radius 3 is 2.41 bits per heavy atom. The fourth-order valence-electron chi connectivity index (χ4n) is 2.91. The number of primary amides is 1. The van der Waals surface area contributed by atoms with E-state index in [1.807, 2.05) is 0 Å². The Kier molecular flexibility index (Phi) is 5.92. The Bertz CT molecular complexity index is 510. The van der Waals surface area contributed by atoms with Gasteiger partial charge in [0.15, 0.2) is 0 Å². The van der Waals surface area contributed by atoms with Crippen LogP contribution in [0, 0.1) is 17.7 Å². The van der Waals surface area contributed by atoms with Crippen LogP contribution in [0.2, 0.25) is 0 Å². The topological polar surface area (TPSA) is 72.2 Å². The van der Waals surface area contributed by atoms with Gasteiger partial charge in [-0.15, -0.1) is 0 Å². The van der Waals surface area contributed by atoms with Gasteiger partial charge in [-0.25, -0.2) is 4.39 Å². The van der Waals surface area contributed by atoms with Crippen molar-refractivity contribution in [2.45, 2.75) is 38.5 Å². The zero-order chi connectivity index (χ0) is 15.9. The molecule has 1 aliphatic carbocycles. The van der Waals surface area contributed by atoms with Gasteiger partial charge in [0.25, 0.3) is 0 Å². The summed E-state index contributed by atoms with van der Waals surface area (Å²) >= 11 is 0. The van der Waals surface area contributed by atoms with E-state index in [1.165, 1.54) is 18.6 Å². The van der Waals surface area contributed by atoms with E-state index < -0.39 is 11.8 Å². The number of hydrogen-bond donors (Lipinski definition) is 2. The summed E-state index contributed by atoms with van der Waals surface area (Å²) in [5, 5.41) is 2.85. The first kappa shape index (κ1) is 16.5. The SMILES string of the molecule is NC(=O)[C@H](CNC(=O)C1CCCCC1)Cc1ccc(F)cc1. The summed E-state index contributed by atoms with van der Waals surface area (Å²) in [6.45, 7) is 0.238. The van der Waals surface area contributed by atoms with Gasteiger partial charge in [-0.05, 0) is 37.0 Å². The van der Waals surface area contributed by atoms with Gasteiger partial charge in [0, 0.05) is 12.5 Å². The minimum absolute atomic E-state index is 0.0186. The molecule has 1 fully saturated rings. The van der Waals surface area contributed by atoms with Crippen LogP contribution in [0.25, 0.3) is 0 Å². The van der Waals surface area contributed by atoms with E-state index in [1.54, 1.807) is 12.1 Å². The minimum atomic E-state index is -0.474. The van der Waals surface area contributed by atoms with Crippen molar-refractivity contribution in [3.05, 3.63) is 35.6 Å². The number of carbonyl (C=O) groups excluding carboxylic acids is 2. The molecule has 120 valence electrons. The number of rotatable bonds is 6. The van der Waals surface area contributed by atoms with Crippen LogP contribution in [0.15, 0.2) is 24.3 Å². The first-order valence-electron chi connectivity index (χ1n) is 7.87. The van der Waals surface area contributed by atoms with Gasteiger partial charge >= 0.3 is 0 Å². The standard InChI is InChI=1S/C17H23FN2O2/c18-15-8-6-12(7-9-15)10-14(16(19)21)11-20-17(22)13-4-2-1-3-5-13/h6-9,13-14H,1-5,10-11H2,(H2,19,21)(H,20,22)/t14-/m0/s1. The molecular weight excluding hydrogens is 283 g/mol. The van der Waals surface area contributed by atoms with Gasteiger partial charge in [-0.1, -0.05) is 31.4 Å². The lowest BCUT2D eigenvalue weighted by atomic mass is 9.88. The van der Waals surface area contributed by atoms with E-state index in [0.29, 0.717) is 6.42 Å². The highest BCUT2D eigenvalue weighted by molar-refractivity contribution is 5.81. The Morgan fingerprint density at radius 2 is 1.82 bits per heavy atom. The predicted molar refractivity (Wildman–Crippen MR) is 82.4 cm³/mol. The maximum Gasteiger partial charge on any atom is 0.223 e. The second-order valence-corrected chi connectivity index (χ2v) is 6.01. The van der Waals surface area contributed by atoms with Crippen molar-refractivity contribution in [3.8, 4) is 0 Å². The highest BCUT2D eigenvalue weighted by Crippen LogP contribution is 2.23. The van der Waals surface area contributed by atoms with Crippen molar-refractivity contribution >= 4 is 11.8 Å². The monoisotopic (exact) mass is 306 g/mol. The van der Waals surface area contributed by atoms with E-state index in [-0.39, 0.29) is 24.2 Å². The Labute approximate surface area is 130 Å². The van der Waals surface area contributed by atoms with Gasteiger partial charge < -0.3 is 11.1 Å². The second-order valence-electron chi connectivity index (χ2n) is 6.01. The van der Waals surface area contributed by atoms with Crippen molar-refractivity contribution in [3.63, 3.8) is 0 Å². The molecule has 4 nitrogen and oxygen atoms in total. The molecule has 1 atom stereocenters. The molecule has 0 aliphatic heterocycles. The second kappa shape index (κ2) is 7.92. The summed E-state index contributed by atoms with van der Waals surface area (Å²) in [4.78, 5) is 23.7. The maximum absolute atomic E-state index is 12.9. The highest BCUT2D eigenvalue weighted by Gasteiger charge is 2.23. The summed E-state index contributed by atoms with van der Waals surface area (Å²) in [6.07, 6.45) is 5.62. The zero-order valence-electron chi connectivity index (χ0n) is 12.7. The lowest BCUT2D eigenvalue weighted by Crippen LogP contribution is -2.40. The first-order chi connectivity index (χ1) is 10.6. The van der Waals surface area contributed by atoms with Crippen LogP contribution in [-0.4, -0.2) is 18.4 Å². The molecule has 2 rings (SSSR count). The molecule has 0 aromatic heterocycles. The van der Waals surface area contributed by atoms with Gasteiger partial charge in [-0.2, -0.15) is 0 Å². The molecule has 22 heavy (non-hydrogen) atoms. The summed E-state index contributed by atoms with van der Waals surface area (Å²) < 4.78 is 12.9. The van der Waals surface area contributed by atoms with Crippen molar-refractivity contribution in [1.29, 1.82) is 0 Å². The third-order valence-corrected chi connectivity index (χ3v) is 4.30. The van der Waals surface area contributed by atoms with Crippen LogP contribution < -0.4 is 11.1 Å². The minimum Gasteiger partial charge on any atom is -0.369 e. The number of halogens is 1. The molecule has 0 heterocycles. The van der Waals surface area contributed by atoms with Crippen LogP contribution in [0.5, 0.6) is 0 Å².